The molecule has 0 saturated heterocycles. The number of aryl methyl sites for hydroxylation is 1. The van der Waals surface area contributed by atoms with Crippen LogP contribution in [-0.2, 0) is 18.4 Å². The van der Waals surface area contributed by atoms with Gasteiger partial charge in [-0.1, -0.05) is 23.9 Å². The summed E-state index contributed by atoms with van der Waals surface area (Å²) in [4.78, 5) is 20.7. The lowest BCUT2D eigenvalue weighted by atomic mass is 10.2. The van der Waals surface area contributed by atoms with Gasteiger partial charge in [0.05, 0.1) is 16.8 Å². The van der Waals surface area contributed by atoms with Gasteiger partial charge in [0.25, 0.3) is 0 Å². The number of fused-ring (bicyclic) bond motifs is 1. The van der Waals surface area contributed by atoms with Crippen molar-refractivity contribution in [1.29, 1.82) is 0 Å². The van der Waals surface area contributed by atoms with E-state index in [4.69, 9.17) is 0 Å². The topological polar surface area (TPSA) is 72.7 Å². The highest BCUT2D eigenvalue weighted by atomic mass is 32.2. The summed E-state index contributed by atoms with van der Waals surface area (Å²) in [5, 5.41) is 8.22. The van der Waals surface area contributed by atoms with Crippen molar-refractivity contribution in [1.82, 2.24) is 25.1 Å². The summed E-state index contributed by atoms with van der Waals surface area (Å²) >= 11 is 1.36. The molecule has 1 N–H and O–H groups in total. The average molecular weight is 345 g/mol. The van der Waals surface area contributed by atoms with Crippen LogP contribution in [0.3, 0.4) is 0 Å². The SMILES string of the molecule is CC(Sc1ncnc2c1cnn2C)C(=O)NCc1ccc(F)cc1. The number of aromatic nitrogens is 4. The van der Waals surface area contributed by atoms with E-state index in [9.17, 15) is 9.18 Å². The first-order valence-corrected chi connectivity index (χ1v) is 8.24. The van der Waals surface area contributed by atoms with E-state index >= 15 is 0 Å². The molecule has 3 rings (SSSR count). The Morgan fingerprint density at radius 1 is 1.33 bits per heavy atom. The predicted octanol–water partition coefficient (Wildman–Crippen LogP) is 2.30. The van der Waals surface area contributed by atoms with Gasteiger partial charge in [0.1, 0.15) is 17.2 Å². The predicted molar refractivity (Wildman–Crippen MR) is 89.9 cm³/mol. The Labute approximate surface area is 142 Å². The number of hydrogen-bond donors (Lipinski definition) is 1. The van der Waals surface area contributed by atoms with Crippen molar-refractivity contribution in [3.8, 4) is 0 Å². The third-order valence-corrected chi connectivity index (χ3v) is 4.65. The van der Waals surface area contributed by atoms with Gasteiger partial charge < -0.3 is 5.32 Å². The molecule has 1 unspecified atom stereocenters. The van der Waals surface area contributed by atoms with Crippen molar-refractivity contribution in [3.63, 3.8) is 0 Å². The van der Waals surface area contributed by atoms with E-state index < -0.39 is 0 Å². The number of nitrogens with one attached hydrogen (secondary N) is 1. The summed E-state index contributed by atoms with van der Waals surface area (Å²) in [6.07, 6.45) is 3.16. The zero-order valence-corrected chi connectivity index (χ0v) is 14.0. The maximum atomic E-state index is 12.9. The van der Waals surface area contributed by atoms with Crippen LogP contribution in [0.1, 0.15) is 12.5 Å². The summed E-state index contributed by atoms with van der Waals surface area (Å²) in [5.41, 5.74) is 1.57. The van der Waals surface area contributed by atoms with E-state index in [-0.39, 0.29) is 17.0 Å². The molecule has 3 aromatic rings. The van der Waals surface area contributed by atoms with Crippen molar-refractivity contribution in [2.45, 2.75) is 23.7 Å². The molecule has 0 radical (unpaired) electrons. The average Bonchev–Trinajstić information content (AvgIpc) is 2.96. The Morgan fingerprint density at radius 2 is 2.08 bits per heavy atom. The highest BCUT2D eigenvalue weighted by molar-refractivity contribution is 8.00. The van der Waals surface area contributed by atoms with E-state index in [0.717, 1.165) is 21.6 Å². The summed E-state index contributed by atoms with van der Waals surface area (Å²) in [5.74, 6) is -0.404. The van der Waals surface area contributed by atoms with Crippen molar-refractivity contribution < 1.29 is 9.18 Å². The number of carbonyl (C=O) groups excluding carboxylic acids is 1. The molecule has 2 aromatic heterocycles. The van der Waals surface area contributed by atoms with E-state index in [1.165, 1.54) is 30.2 Å². The monoisotopic (exact) mass is 345 g/mol. The third kappa shape index (κ3) is 3.53. The molecule has 0 aliphatic rings. The molecular formula is C16H16FN5OS. The van der Waals surface area contributed by atoms with Crippen LogP contribution in [-0.4, -0.2) is 30.9 Å². The second-order valence-electron chi connectivity index (χ2n) is 5.29. The summed E-state index contributed by atoms with van der Waals surface area (Å²) in [6, 6.07) is 6.05. The quantitative estimate of drug-likeness (QED) is 0.567. The number of carbonyl (C=O) groups is 1. The van der Waals surface area contributed by atoms with Gasteiger partial charge in [0.2, 0.25) is 5.91 Å². The minimum Gasteiger partial charge on any atom is -0.351 e. The molecule has 6 nitrogen and oxygen atoms in total. The summed E-state index contributed by atoms with van der Waals surface area (Å²) < 4.78 is 14.5. The molecule has 0 fully saturated rings. The number of amides is 1. The van der Waals surface area contributed by atoms with Gasteiger partial charge in [0, 0.05) is 13.6 Å². The highest BCUT2D eigenvalue weighted by Crippen LogP contribution is 2.27. The minimum atomic E-state index is -0.330. The van der Waals surface area contributed by atoms with Crippen LogP contribution < -0.4 is 5.32 Å². The molecule has 0 bridgehead atoms. The first kappa shape index (κ1) is 16.4. The molecule has 8 heteroatoms. The number of halogens is 1. The number of thioether (sulfide) groups is 1. The molecule has 0 saturated carbocycles. The summed E-state index contributed by atoms with van der Waals surface area (Å²) in [6.45, 7) is 2.17. The first-order chi connectivity index (χ1) is 11.5. The van der Waals surface area contributed by atoms with E-state index in [1.807, 2.05) is 14.0 Å². The zero-order chi connectivity index (χ0) is 17.1. The van der Waals surface area contributed by atoms with Gasteiger partial charge in [-0.15, -0.1) is 0 Å². The summed E-state index contributed by atoms with van der Waals surface area (Å²) in [7, 11) is 1.81. The third-order valence-electron chi connectivity index (χ3n) is 3.53. The van der Waals surface area contributed by atoms with Crippen LogP contribution in [0.4, 0.5) is 4.39 Å². The van der Waals surface area contributed by atoms with Crippen LogP contribution >= 0.6 is 11.8 Å². The molecule has 24 heavy (non-hydrogen) atoms. The molecular weight excluding hydrogens is 329 g/mol. The van der Waals surface area contributed by atoms with Crippen molar-refractivity contribution in [3.05, 3.63) is 48.2 Å². The maximum Gasteiger partial charge on any atom is 0.233 e. The van der Waals surface area contributed by atoms with Crippen LogP contribution in [0.5, 0.6) is 0 Å². The maximum absolute atomic E-state index is 12.9. The fourth-order valence-corrected chi connectivity index (χ4v) is 3.09. The van der Waals surface area contributed by atoms with Crippen LogP contribution in [0, 0.1) is 5.82 Å². The molecule has 124 valence electrons. The molecule has 0 spiro atoms. The van der Waals surface area contributed by atoms with Crippen LogP contribution in [0.25, 0.3) is 11.0 Å². The van der Waals surface area contributed by atoms with Gasteiger partial charge >= 0.3 is 0 Å². The number of nitrogens with zero attached hydrogens (tertiary/aromatic N) is 4. The lowest BCUT2D eigenvalue weighted by Gasteiger charge is -2.12. The number of benzene rings is 1. The van der Waals surface area contributed by atoms with Gasteiger partial charge in [-0.2, -0.15) is 5.10 Å². The van der Waals surface area contributed by atoms with E-state index in [0.29, 0.717) is 6.54 Å². The van der Waals surface area contributed by atoms with Gasteiger partial charge in [-0.3, -0.25) is 9.48 Å². The van der Waals surface area contributed by atoms with Gasteiger partial charge in [-0.05, 0) is 24.6 Å². The number of hydrogen-bond acceptors (Lipinski definition) is 5. The molecule has 1 amide bonds. The van der Waals surface area contributed by atoms with Crippen LogP contribution in [0.15, 0.2) is 41.8 Å². The molecule has 0 aliphatic carbocycles. The van der Waals surface area contributed by atoms with Gasteiger partial charge in [-0.25, -0.2) is 14.4 Å². The van der Waals surface area contributed by atoms with E-state index in [2.05, 4.69) is 20.4 Å². The Kier molecular flexibility index (Phi) is 4.75. The Balaban J connectivity index is 1.64. The van der Waals surface area contributed by atoms with Crippen LogP contribution in [0.2, 0.25) is 0 Å². The second kappa shape index (κ2) is 6.96. The standard InChI is InChI=1S/C16H16FN5OS/c1-10(15(23)18-7-11-3-5-12(17)6-4-11)24-16-13-8-21-22(2)14(13)19-9-20-16/h3-6,8-10H,7H2,1-2H3,(H,18,23). The fourth-order valence-electron chi connectivity index (χ4n) is 2.19. The number of rotatable bonds is 5. The Hall–Kier alpha value is -2.48. The van der Waals surface area contributed by atoms with Gasteiger partial charge in [0.15, 0.2) is 5.65 Å². The second-order valence-corrected chi connectivity index (χ2v) is 6.62. The van der Waals surface area contributed by atoms with Crippen molar-refractivity contribution in [2.75, 3.05) is 0 Å². The zero-order valence-electron chi connectivity index (χ0n) is 13.2. The largest absolute Gasteiger partial charge is 0.351 e. The highest BCUT2D eigenvalue weighted by Gasteiger charge is 2.17. The van der Waals surface area contributed by atoms with E-state index in [1.54, 1.807) is 23.0 Å². The smallest absolute Gasteiger partial charge is 0.233 e. The fraction of sp³-hybridized carbons (Fsp3) is 0.250. The Bertz CT molecular complexity index is 865. The molecule has 1 atom stereocenters. The lowest BCUT2D eigenvalue weighted by molar-refractivity contribution is -0.120. The molecule has 2 heterocycles. The first-order valence-electron chi connectivity index (χ1n) is 7.36. The molecule has 1 aromatic carbocycles. The van der Waals surface area contributed by atoms with Crippen molar-refractivity contribution in [2.24, 2.45) is 7.05 Å². The molecule has 0 aliphatic heterocycles. The Morgan fingerprint density at radius 3 is 2.83 bits per heavy atom. The lowest BCUT2D eigenvalue weighted by Crippen LogP contribution is -2.30. The van der Waals surface area contributed by atoms with Crippen molar-refractivity contribution >= 4 is 28.7 Å². The minimum absolute atomic E-state index is 0.111. The normalized spacial score (nSPS) is 12.3.